The number of carbonyl (C=O) groups excluding carboxylic acids is 1. The molecule has 0 radical (unpaired) electrons. The van der Waals surface area contributed by atoms with E-state index in [2.05, 4.69) is 17.0 Å². The largest absolute Gasteiger partial charge is 0.466 e. The topological polar surface area (TPSA) is 88.4 Å². The lowest BCUT2D eigenvalue weighted by Gasteiger charge is -2.10. The molecule has 31 heavy (non-hydrogen) atoms. The van der Waals surface area contributed by atoms with Crippen molar-refractivity contribution in [1.29, 1.82) is 0 Å². The molecule has 1 aliphatic rings. The normalized spacial score (nSPS) is 17.9. The predicted molar refractivity (Wildman–Crippen MR) is 121 cm³/mol. The van der Waals surface area contributed by atoms with Gasteiger partial charge in [0.05, 0.1) is 4.90 Å². The first-order chi connectivity index (χ1) is 14.8. The number of hydrogen-bond donors (Lipinski definition) is 2. The number of sulfonamides is 1. The molecule has 7 heteroatoms. The molecule has 2 N–H and O–H groups in total. The summed E-state index contributed by atoms with van der Waals surface area (Å²) in [7, 11) is -3.66. The summed E-state index contributed by atoms with van der Waals surface area (Å²) in [6.45, 7) is 4.11. The number of furan rings is 1. The third kappa shape index (κ3) is 5.35. The zero-order valence-electron chi connectivity index (χ0n) is 17.6. The first-order valence-corrected chi connectivity index (χ1v) is 11.9. The van der Waals surface area contributed by atoms with Crippen LogP contribution in [-0.2, 0) is 21.2 Å². The molecular formula is C24H26N2O4S. The molecule has 1 saturated carbocycles. The molecule has 1 aromatic heterocycles. The Labute approximate surface area is 182 Å². The van der Waals surface area contributed by atoms with Crippen molar-refractivity contribution in [2.75, 3.05) is 10.0 Å². The zero-order chi connectivity index (χ0) is 22.0. The van der Waals surface area contributed by atoms with Gasteiger partial charge < -0.3 is 9.73 Å². The van der Waals surface area contributed by atoms with E-state index in [1.165, 1.54) is 6.42 Å². The highest BCUT2D eigenvalue weighted by Crippen LogP contribution is 2.47. The fourth-order valence-electron chi connectivity index (χ4n) is 3.46. The summed E-state index contributed by atoms with van der Waals surface area (Å²) in [6.07, 6.45) is 2.03. The van der Waals surface area contributed by atoms with Gasteiger partial charge in [-0.15, -0.1) is 0 Å². The molecule has 1 heterocycles. The van der Waals surface area contributed by atoms with Crippen molar-refractivity contribution in [3.05, 3.63) is 77.7 Å². The van der Waals surface area contributed by atoms with Crippen molar-refractivity contribution in [2.45, 2.75) is 43.9 Å². The van der Waals surface area contributed by atoms with Crippen molar-refractivity contribution >= 4 is 27.3 Å². The summed E-state index contributed by atoms with van der Waals surface area (Å²) in [5, 5.41) is 2.83. The van der Waals surface area contributed by atoms with Crippen LogP contribution >= 0.6 is 0 Å². The molecule has 2 unspecified atom stereocenters. The molecule has 162 valence electrons. The monoisotopic (exact) mass is 438 g/mol. The Balaban J connectivity index is 1.29. The van der Waals surface area contributed by atoms with Gasteiger partial charge in [0, 0.05) is 30.1 Å². The molecule has 1 fully saturated rings. The van der Waals surface area contributed by atoms with Gasteiger partial charge in [0.15, 0.2) is 0 Å². The van der Waals surface area contributed by atoms with E-state index in [1.807, 2.05) is 19.1 Å². The highest BCUT2D eigenvalue weighted by Gasteiger charge is 2.36. The number of nitrogens with one attached hydrogen (secondary N) is 2. The van der Waals surface area contributed by atoms with E-state index in [1.54, 1.807) is 48.5 Å². The first-order valence-electron chi connectivity index (χ1n) is 10.4. The quantitative estimate of drug-likeness (QED) is 0.513. The molecule has 6 nitrogen and oxygen atoms in total. The van der Waals surface area contributed by atoms with Crippen LogP contribution in [0.1, 0.15) is 42.8 Å². The summed E-state index contributed by atoms with van der Waals surface area (Å²) < 4.78 is 33.3. The second kappa shape index (κ2) is 8.59. The minimum atomic E-state index is -3.66. The Morgan fingerprint density at radius 2 is 1.65 bits per heavy atom. The maximum Gasteiger partial charge on any atom is 0.261 e. The Morgan fingerprint density at radius 1 is 1.00 bits per heavy atom. The summed E-state index contributed by atoms with van der Waals surface area (Å²) in [5.74, 6) is 2.94. The van der Waals surface area contributed by atoms with E-state index >= 15 is 0 Å². The number of rotatable bonds is 8. The molecule has 0 bridgehead atoms. The molecule has 0 spiro atoms. The van der Waals surface area contributed by atoms with Crippen molar-refractivity contribution in [1.82, 2.24) is 0 Å². The highest BCUT2D eigenvalue weighted by molar-refractivity contribution is 7.92. The lowest BCUT2D eigenvalue weighted by atomic mass is 10.2. The number of anilines is 2. The molecule has 4 rings (SSSR count). The number of carbonyl (C=O) groups is 1. The van der Waals surface area contributed by atoms with E-state index in [4.69, 9.17) is 4.42 Å². The van der Waals surface area contributed by atoms with Crippen LogP contribution in [0.3, 0.4) is 0 Å². The van der Waals surface area contributed by atoms with Crippen LogP contribution < -0.4 is 10.0 Å². The van der Waals surface area contributed by atoms with Gasteiger partial charge in [-0.25, -0.2) is 8.42 Å². The molecule has 2 atom stereocenters. The molecule has 0 aliphatic heterocycles. The minimum Gasteiger partial charge on any atom is -0.466 e. The first kappa shape index (κ1) is 21.2. The van der Waals surface area contributed by atoms with E-state index in [-0.39, 0.29) is 10.8 Å². The van der Waals surface area contributed by atoms with Gasteiger partial charge in [-0.2, -0.15) is 0 Å². The summed E-state index contributed by atoms with van der Waals surface area (Å²) in [6, 6.07) is 17.2. The van der Waals surface area contributed by atoms with Gasteiger partial charge >= 0.3 is 0 Å². The maximum absolute atomic E-state index is 12.5. The maximum atomic E-state index is 12.5. The van der Waals surface area contributed by atoms with E-state index in [0.717, 1.165) is 17.1 Å². The fraction of sp³-hybridized carbons (Fsp3) is 0.292. The van der Waals surface area contributed by atoms with Gasteiger partial charge in [0.25, 0.3) is 10.0 Å². The smallest absolute Gasteiger partial charge is 0.261 e. The lowest BCUT2D eigenvalue weighted by Crippen LogP contribution is -2.14. The Kier molecular flexibility index (Phi) is 5.87. The highest BCUT2D eigenvalue weighted by atomic mass is 32.2. The zero-order valence-corrected chi connectivity index (χ0v) is 18.4. The van der Waals surface area contributed by atoms with Crippen molar-refractivity contribution in [3.8, 4) is 0 Å². The van der Waals surface area contributed by atoms with Crippen LogP contribution in [0.2, 0.25) is 0 Å². The second-order valence-corrected chi connectivity index (χ2v) is 9.85. The van der Waals surface area contributed by atoms with E-state index in [9.17, 15) is 13.2 Å². The fourth-order valence-corrected chi connectivity index (χ4v) is 4.52. The SMILES string of the molecule is Cc1ccc(S(=O)(=O)Nc2ccc(NC(=O)CCc3ccc(C4CC4C)o3)cc2)cc1. The average Bonchev–Trinajstić information content (AvgIpc) is 3.28. The van der Waals surface area contributed by atoms with Crippen LogP contribution in [-0.4, -0.2) is 14.3 Å². The van der Waals surface area contributed by atoms with Gasteiger partial charge in [0.2, 0.25) is 5.91 Å². The average molecular weight is 439 g/mol. The Bertz CT molecular complexity index is 1170. The number of aryl methyl sites for hydroxylation is 2. The van der Waals surface area contributed by atoms with Crippen LogP contribution in [0.5, 0.6) is 0 Å². The van der Waals surface area contributed by atoms with Crippen LogP contribution in [0.25, 0.3) is 0 Å². The van der Waals surface area contributed by atoms with Gasteiger partial charge in [-0.05, 0) is 67.8 Å². The number of hydrogen-bond acceptors (Lipinski definition) is 4. The molecule has 0 saturated heterocycles. The third-order valence-corrected chi connectivity index (χ3v) is 6.91. The van der Waals surface area contributed by atoms with Crippen LogP contribution in [0, 0.1) is 12.8 Å². The van der Waals surface area contributed by atoms with Crippen molar-refractivity contribution in [2.24, 2.45) is 5.92 Å². The Hall–Kier alpha value is -3.06. The second-order valence-electron chi connectivity index (χ2n) is 8.17. The van der Waals surface area contributed by atoms with Gasteiger partial charge in [-0.3, -0.25) is 9.52 Å². The Morgan fingerprint density at radius 3 is 2.29 bits per heavy atom. The standard InChI is InChI=1S/C24H26N2O4S/c1-16-3-11-21(12-4-16)31(28,29)26-19-7-5-18(6-8-19)25-24(27)14-10-20-9-13-23(30-20)22-15-17(22)2/h3-9,11-13,17,22,26H,10,14-15H2,1-2H3,(H,25,27). The number of amides is 1. The molecule has 1 aliphatic carbocycles. The molecular weight excluding hydrogens is 412 g/mol. The predicted octanol–water partition coefficient (Wildman–Crippen LogP) is 5.08. The minimum absolute atomic E-state index is 0.120. The summed E-state index contributed by atoms with van der Waals surface area (Å²) in [5.41, 5.74) is 2.02. The van der Waals surface area contributed by atoms with E-state index < -0.39 is 10.0 Å². The summed E-state index contributed by atoms with van der Waals surface area (Å²) in [4.78, 5) is 12.5. The summed E-state index contributed by atoms with van der Waals surface area (Å²) >= 11 is 0. The van der Waals surface area contributed by atoms with Crippen LogP contribution in [0.15, 0.2) is 70.0 Å². The van der Waals surface area contributed by atoms with Gasteiger partial charge in [-0.1, -0.05) is 24.6 Å². The number of benzene rings is 2. The van der Waals surface area contributed by atoms with E-state index in [0.29, 0.717) is 36.1 Å². The molecule has 2 aromatic carbocycles. The van der Waals surface area contributed by atoms with Crippen molar-refractivity contribution in [3.63, 3.8) is 0 Å². The van der Waals surface area contributed by atoms with Crippen molar-refractivity contribution < 1.29 is 17.6 Å². The third-order valence-electron chi connectivity index (χ3n) is 5.51. The molecule has 3 aromatic rings. The van der Waals surface area contributed by atoms with Gasteiger partial charge in [0.1, 0.15) is 11.5 Å². The van der Waals surface area contributed by atoms with Crippen LogP contribution in [0.4, 0.5) is 11.4 Å². The molecule has 1 amide bonds. The lowest BCUT2D eigenvalue weighted by molar-refractivity contribution is -0.116.